The number of carbonyl (C=O) groups excluding carboxylic acids is 1. The Hall–Kier alpha value is -1.35. The summed E-state index contributed by atoms with van der Waals surface area (Å²) in [4.78, 5) is 16.4. The summed E-state index contributed by atoms with van der Waals surface area (Å²) in [5, 5.41) is 0. The quantitative estimate of drug-likeness (QED) is 0.820. The summed E-state index contributed by atoms with van der Waals surface area (Å²) in [7, 11) is 0. The molecule has 108 valence electrons. The van der Waals surface area contributed by atoms with Crippen LogP contribution in [0, 0.1) is 5.41 Å². The Balaban J connectivity index is 1.40. The molecule has 2 fully saturated rings. The fraction of sp³-hybridized carbons (Fsp3) is 0.588. The summed E-state index contributed by atoms with van der Waals surface area (Å²) in [6.45, 7) is 7.32. The van der Waals surface area contributed by atoms with Crippen molar-refractivity contribution in [3.05, 3.63) is 35.9 Å². The first kappa shape index (κ1) is 13.6. The zero-order valence-corrected chi connectivity index (χ0v) is 12.3. The molecule has 1 spiro atoms. The molecular formula is C17H24N2O. The zero-order chi connectivity index (χ0) is 14.0. The molecule has 0 N–H and O–H groups in total. The lowest BCUT2D eigenvalue weighted by molar-refractivity contribution is -0.127. The molecule has 2 heterocycles. The molecular weight excluding hydrogens is 248 g/mol. The number of likely N-dealkylation sites (tertiary alicyclic amines) is 2. The molecule has 2 saturated heterocycles. The van der Waals surface area contributed by atoms with Gasteiger partial charge in [0.25, 0.3) is 0 Å². The Kier molecular flexibility index (Phi) is 3.79. The largest absolute Gasteiger partial charge is 0.342 e. The van der Waals surface area contributed by atoms with Crippen LogP contribution in [0.2, 0.25) is 0 Å². The molecule has 0 radical (unpaired) electrons. The average molecular weight is 272 g/mol. The first-order valence-corrected chi connectivity index (χ1v) is 7.75. The number of rotatable bonds is 5. The van der Waals surface area contributed by atoms with Gasteiger partial charge < -0.3 is 9.80 Å². The summed E-state index contributed by atoms with van der Waals surface area (Å²) in [6, 6.07) is 10.7. The summed E-state index contributed by atoms with van der Waals surface area (Å²) >= 11 is 0. The molecule has 0 saturated carbocycles. The Morgan fingerprint density at radius 3 is 2.55 bits per heavy atom. The minimum Gasteiger partial charge on any atom is -0.342 e. The second-order valence-corrected chi connectivity index (χ2v) is 6.38. The number of aryl methyl sites for hydroxylation is 1. The predicted octanol–water partition coefficient (Wildman–Crippen LogP) is 2.17. The van der Waals surface area contributed by atoms with Gasteiger partial charge >= 0.3 is 0 Å². The average Bonchev–Trinajstić information content (AvgIpc) is 2.76. The van der Waals surface area contributed by atoms with E-state index in [1.165, 1.54) is 12.0 Å². The van der Waals surface area contributed by atoms with Crippen LogP contribution in [0.25, 0.3) is 0 Å². The maximum absolute atomic E-state index is 11.8. The van der Waals surface area contributed by atoms with Crippen molar-refractivity contribution in [2.45, 2.75) is 26.2 Å². The number of carbonyl (C=O) groups is 1. The standard InChI is InChI=1S/C17H24N2O/c1-2-19-14-17(11-16(19)20)12-18(13-17)10-6-9-15-7-4-3-5-8-15/h3-5,7-8H,2,6,9-14H2,1H3. The highest BCUT2D eigenvalue weighted by Crippen LogP contribution is 2.39. The smallest absolute Gasteiger partial charge is 0.223 e. The number of hydrogen-bond donors (Lipinski definition) is 0. The van der Waals surface area contributed by atoms with Gasteiger partial charge in [0.2, 0.25) is 5.91 Å². The van der Waals surface area contributed by atoms with E-state index in [0.29, 0.717) is 11.3 Å². The molecule has 0 aliphatic carbocycles. The summed E-state index contributed by atoms with van der Waals surface area (Å²) in [5.74, 6) is 0.358. The molecule has 0 atom stereocenters. The fourth-order valence-electron chi connectivity index (χ4n) is 3.69. The molecule has 3 nitrogen and oxygen atoms in total. The van der Waals surface area contributed by atoms with E-state index in [1.54, 1.807) is 0 Å². The highest BCUT2D eigenvalue weighted by atomic mass is 16.2. The van der Waals surface area contributed by atoms with Crippen molar-refractivity contribution < 1.29 is 4.79 Å². The number of amides is 1. The molecule has 0 unspecified atom stereocenters. The van der Waals surface area contributed by atoms with Gasteiger partial charge in [0.1, 0.15) is 0 Å². The monoisotopic (exact) mass is 272 g/mol. The van der Waals surface area contributed by atoms with Gasteiger partial charge in [-0.05, 0) is 31.9 Å². The molecule has 3 heteroatoms. The number of hydrogen-bond acceptors (Lipinski definition) is 2. The third-order valence-corrected chi connectivity index (χ3v) is 4.69. The van der Waals surface area contributed by atoms with E-state index in [1.807, 2.05) is 4.90 Å². The van der Waals surface area contributed by atoms with Crippen molar-refractivity contribution in [2.75, 3.05) is 32.7 Å². The van der Waals surface area contributed by atoms with Gasteiger partial charge in [-0.2, -0.15) is 0 Å². The Morgan fingerprint density at radius 2 is 1.90 bits per heavy atom. The van der Waals surface area contributed by atoms with Crippen LogP contribution in [0.3, 0.4) is 0 Å². The number of nitrogens with zero attached hydrogens (tertiary/aromatic N) is 2. The maximum atomic E-state index is 11.8. The van der Waals surface area contributed by atoms with Gasteiger partial charge in [0.05, 0.1) is 0 Å². The van der Waals surface area contributed by atoms with Crippen molar-refractivity contribution in [3.63, 3.8) is 0 Å². The van der Waals surface area contributed by atoms with E-state index < -0.39 is 0 Å². The fourth-order valence-corrected chi connectivity index (χ4v) is 3.69. The van der Waals surface area contributed by atoms with Crippen LogP contribution in [-0.4, -0.2) is 48.4 Å². The van der Waals surface area contributed by atoms with Gasteiger partial charge in [-0.1, -0.05) is 30.3 Å². The highest BCUT2D eigenvalue weighted by Gasteiger charge is 2.50. The van der Waals surface area contributed by atoms with Crippen LogP contribution in [0.5, 0.6) is 0 Å². The normalized spacial score (nSPS) is 21.4. The van der Waals surface area contributed by atoms with Crippen LogP contribution >= 0.6 is 0 Å². The molecule has 2 aliphatic heterocycles. The Bertz CT molecular complexity index is 465. The van der Waals surface area contributed by atoms with Gasteiger partial charge in [-0.25, -0.2) is 0 Å². The van der Waals surface area contributed by atoms with Crippen LogP contribution in [0.1, 0.15) is 25.3 Å². The first-order chi connectivity index (χ1) is 9.71. The van der Waals surface area contributed by atoms with Gasteiger partial charge in [0.15, 0.2) is 0 Å². The Morgan fingerprint density at radius 1 is 1.15 bits per heavy atom. The van der Waals surface area contributed by atoms with Gasteiger partial charge in [-0.3, -0.25) is 4.79 Å². The zero-order valence-electron chi connectivity index (χ0n) is 12.3. The molecule has 0 aromatic heterocycles. The molecule has 20 heavy (non-hydrogen) atoms. The minimum absolute atomic E-state index is 0.292. The summed E-state index contributed by atoms with van der Waals surface area (Å²) in [6.07, 6.45) is 3.14. The van der Waals surface area contributed by atoms with E-state index in [2.05, 4.69) is 42.2 Å². The van der Waals surface area contributed by atoms with Crippen molar-refractivity contribution in [1.82, 2.24) is 9.80 Å². The van der Waals surface area contributed by atoms with E-state index >= 15 is 0 Å². The highest BCUT2D eigenvalue weighted by molar-refractivity contribution is 5.79. The lowest BCUT2D eigenvalue weighted by atomic mass is 9.79. The molecule has 0 bridgehead atoms. The molecule has 3 rings (SSSR count). The van der Waals surface area contributed by atoms with E-state index in [9.17, 15) is 4.79 Å². The molecule has 2 aliphatic rings. The lowest BCUT2D eigenvalue weighted by Crippen LogP contribution is -2.57. The van der Waals surface area contributed by atoms with E-state index in [-0.39, 0.29) is 0 Å². The minimum atomic E-state index is 0.292. The first-order valence-electron chi connectivity index (χ1n) is 7.75. The van der Waals surface area contributed by atoms with Gasteiger partial charge in [0, 0.05) is 38.0 Å². The molecule has 1 aromatic rings. The molecule has 1 aromatic carbocycles. The lowest BCUT2D eigenvalue weighted by Gasteiger charge is -2.47. The SMILES string of the molecule is CCN1CC2(CC1=O)CN(CCCc1ccccc1)C2. The number of benzene rings is 1. The van der Waals surface area contributed by atoms with Crippen LogP contribution in [0.15, 0.2) is 30.3 Å². The summed E-state index contributed by atoms with van der Waals surface area (Å²) < 4.78 is 0. The van der Waals surface area contributed by atoms with Crippen LogP contribution < -0.4 is 0 Å². The van der Waals surface area contributed by atoms with Crippen molar-refractivity contribution >= 4 is 5.91 Å². The van der Waals surface area contributed by atoms with Crippen LogP contribution in [-0.2, 0) is 11.2 Å². The summed E-state index contributed by atoms with van der Waals surface area (Å²) in [5.41, 5.74) is 1.72. The van der Waals surface area contributed by atoms with E-state index in [0.717, 1.165) is 45.6 Å². The predicted molar refractivity (Wildman–Crippen MR) is 80.5 cm³/mol. The Labute approximate surface area is 121 Å². The van der Waals surface area contributed by atoms with Crippen molar-refractivity contribution in [3.8, 4) is 0 Å². The van der Waals surface area contributed by atoms with Crippen molar-refractivity contribution in [1.29, 1.82) is 0 Å². The topological polar surface area (TPSA) is 23.6 Å². The van der Waals surface area contributed by atoms with E-state index in [4.69, 9.17) is 0 Å². The molecule has 1 amide bonds. The van der Waals surface area contributed by atoms with Crippen molar-refractivity contribution in [2.24, 2.45) is 5.41 Å². The second-order valence-electron chi connectivity index (χ2n) is 6.38. The second kappa shape index (κ2) is 5.57. The third kappa shape index (κ3) is 2.73. The van der Waals surface area contributed by atoms with Crippen LogP contribution in [0.4, 0.5) is 0 Å². The maximum Gasteiger partial charge on any atom is 0.223 e. The van der Waals surface area contributed by atoms with Gasteiger partial charge in [-0.15, -0.1) is 0 Å². The third-order valence-electron chi connectivity index (χ3n) is 4.69.